The topological polar surface area (TPSA) is 37.3 Å². The van der Waals surface area contributed by atoms with Crippen molar-refractivity contribution < 1.29 is 14.3 Å². The molecule has 0 aromatic heterocycles. The van der Waals surface area contributed by atoms with E-state index in [1.165, 1.54) is 30.0 Å². The van der Waals surface area contributed by atoms with Gasteiger partial charge in [0, 0.05) is 10.8 Å². The van der Waals surface area contributed by atoms with Gasteiger partial charge >= 0.3 is 5.97 Å². The lowest BCUT2D eigenvalue weighted by Crippen LogP contribution is -1.98. The maximum atomic E-state index is 12.7. The van der Waals surface area contributed by atoms with Gasteiger partial charge in [-0.2, -0.15) is 0 Å². The van der Waals surface area contributed by atoms with Gasteiger partial charge in [0.05, 0.1) is 5.75 Å². The van der Waals surface area contributed by atoms with Crippen LogP contribution in [0.25, 0.3) is 0 Å². The van der Waals surface area contributed by atoms with Crippen LogP contribution in [-0.4, -0.2) is 16.8 Å². The second-order valence-corrected chi connectivity index (χ2v) is 4.02. The molecule has 0 unspecified atom stereocenters. The van der Waals surface area contributed by atoms with E-state index in [0.29, 0.717) is 16.3 Å². The average Bonchev–Trinajstić information content (AvgIpc) is 2.10. The Morgan fingerprint density at radius 2 is 2.29 bits per heavy atom. The number of thioether (sulfide) groups is 1. The molecule has 0 aliphatic heterocycles. The Morgan fingerprint density at radius 3 is 2.93 bits per heavy atom. The maximum Gasteiger partial charge on any atom is 0.313 e. The van der Waals surface area contributed by atoms with E-state index in [4.69, 9.17) is 16.7 Å². The first kappa shape index (κ1) is 11.3. The van der Waals surface area contributed by atoms with E-state index < -0.39 is 5.97 Å². The number of hydrogen-bond donors (Lipinski definition) is 1. The summed E-state index contributed by atoms with van der Waals surface area (Å²) < 4.78 is 12.7. The number of carboxylic acid groups (broad SMARTS) is 1. The summed E-state index contributed by atoms with van der Waals surface area (Å²) in [5.74, 6) is -0.849. The van der Waals surface area contributed by atoms with Crippen molar-refractivity contribution >= 4 is 29.3 Å². The van der Waals surface area contributed by atoms with Crippen LogP contribution < -0.4 is 0 Å². The number of carboxylic acids is 1. The standard InChI is InChI=1S/C9H8ClFO2S/c10-8-2-1-7(11)3-6(8)4-14-5-9(12)13/h1-3H,4-5H2,(H,12,13). The van der Waals surface area contributed by atoms with Crippen LogP contribution in [0.3, 0.4) is 0 Å². The molecule has 5 heteroatoms. The Labute approximate surface area is 90.1 Å². The number of hydrogen-bond acceptors (Lipinski definition) is 2. The molecule has 14 heavy (non-hydrogen) atoms. The Kier molecular flexibility index (Phi) is 4.22. The fourth-order valence-electron chi connectivity index (χ4n) is 0.902. The SMILES string of the molecule is O=C(O)CSCc1cc(F)ccc1Cl. The van der Waals surface area contributed by atoms with Gasteiger partial charge in [0.25, 0.3) is 0 Å². The largest absolute Gasteiger partial charge is 0.481 e. The lowest BCUT2D eigenvalue weighted by atomic mass is 10.2. The molecule has 1 aromatic carbocycles. The first-order valence-corrected chi connectivity index (χ1v) is 5.36. The predicted molar refractivity (Wildman–Crippen MR) is 55.2 cm³/mol. The van der Waals surface area contributed by atoms with E-state index >= 15 is 0 Å². The van der Waals surface area contributed by atoms with Crippen molar-refractivity contribution in [1.29, 1.82) is 0 Å². The van der Waals surface area contributed by atoms with Crippen molar-refractivity contribution in [3.63, 3.8) is 0 Å². The van der Waals surface area contributed by atoms with Crippen LogP contribution in [0.15, 0.2) is 18.2 Å². The minimum atomic E-state index is -0.887. The normalized spacial score (nSPS) is 10.1. The zero-order valence-electron chi connectivity index (χ0n) is 7.17. The van der Waals surface area contributed by atoms with Gasteiger partial charge in [0.2, 0.25) is 0 Å². The van der Waals surface area contributed by atoms with Gasteiger partial charge in [-0.1, -0.05) is 11.6 Å². The monoisotopic (exact) mass is 234 g/mol. The summed E-state index contributed by atoms with van der Waals surface area (Å²) in [6, 6.07) is 4.05. The van der Waals surface area contributed by atoms with E-state index in [-0.39, 0.29) is 11.6 Å². The molecule has 0 bridgehead atoms. The molecule has 0 radical (unpaired) electrons. The molecule has 0 aliphatic carbocycles. The molecule has 0 heterocycles. The zero-order chi connectivity index (χ0) is 10.6. The molecule has 2 nitrogen and oxygen atoms in total. The zero-order valence-corrected chi connectivity index (χ0v) is 8.74. The van der Waals surface area contributed by atoms with Gasteiger partial charge in [-0.05, 0) is 23.8 Å². The minimum Gasteiger partial charge on any atom is -0.481 e. The number of carbonyl (C=O) groups is 1. The van der Waals surface area contributed by atoms with Gasteiger partial charge in [0.15, 0.2) is 0 Å². The summed E-state index contributed by atoms with van der Waals surface area (Å²) in [5, 5.41) is 8.85. The van der Waals surface area contributed by atoms with Crippen LogP contribution in [0, 0.1) is 5.82 Å². The Balaban J connectivity index is 2.57. The van der Waals surface area contributed by atoms with Gasteiger partial charge in [-0.25, -0.2) is 4.39 Å². The first-order chi connectivity index (χ1) is 6.59. The molecule has 0 saturated carbocycles. The molecular formula is C9H8ClFO2S. The molecule has 1 N–H and O–H groups in total. The van der Waals surface area contributed by atoms with Crippen molar-refractivity contribution in [1.82, 2.24) is 0 Å². The van der Waals surface area contributed by atoms with E-state index in [1.54, 1.807) is 0 Å². The van der Waals surface area contributed by atoms with E-state index in [9.17, 15) is 9.18 Å². The summed E-state index contributed by atoms with van der Waals surface area (Å²) in [4.78, 5) is 10.2. The fourth-order valence-corrected chi connectivity index (χ4v) is 1.90. The third-order valence-electron chi connectivity index (χ3n) is 1.49. The van der Waals surface area contributed by atoms with E-state index in [1.807, 2.05) is 0 Å². The lowest BCUT2D eigenvalue weighted by molar-refractivity contribution is -0.133. The Hall–Kier alpha value is -0.740. The number of rotatable bonds is 4. The molecule has 1 aromatic rings. The number of benzene rings is 1. The minimum absolute atomic E-state index is 0.00710. The van der Waals surface area contributed by atoms with Gasteiger partial charge in [-0.3, -0.25) is 4.79 Å². The van der Waals surface area contributed by atoms with Crippen LogP contribution in [-0.2, 0) is 10.5 Å². The third-order valence-corrected chi connectivity index (χ3v) is 2.83. The summed E-state index contributed by atoms with van der Waals surface area (Å²) in [5.41, 5.74) is 0.623. The summed E-state index contributed by atoms with van der Waals surface area (Å²) in [6.07, 6.45) is 0. The van der Waals surface area contributed by atoms with Crippen molar-refractivity contribution in [2.75, 3.05) is 5.75 Å². The molecule has 0 spiro atoms. The second kappa shape index (κ2) is 5.22. The van der Waals surface area contributed by atoms with Crippen LogP contribution >= 0.6 is 23.4 Å². The molecule has 0 saturated heterocycles. The average molecular weight is 235 g/mol. The third kappa shape index (κ3) is 3.55. The van der Waals surface area contributed by atoms with Crippen molar-refractivity contribution in [2.24, 2.45) is 0 Å². The molecule has 0 amide bonds. The first-order valence-electron chi connectivity index (χ1n) is 3.83. The van der Waals surface area contributed by atoms with E-state index in [0.717, 1.165) is 0 Å². The second-order valence-electron chi connectivity index (χ2n) is 2.62. The highest BCUT2D eigenvalue weighted by Crippen LogP contribution is 2.21. The van der Waals surface area contributed by atoms with Crippen LogP contribution in [0.2, 0.25) is 5.02 Å². The molecule has 0 atom stereocenters. The molecule has 0 fully saturated rings. The van der Waals surface area contributed by atoms with Crippen molar-refractivity contribution in [3.8, 4) is 0 Å². The number of halogens is 2. The molecule has 1 rings (SSSR count). The summed E-state index contributed by atoms with van der Waals surface area (Å²) >= 11 is 6.97. The molecule has 0 aliphatic rings. The maximum absolute atomic E-state index is 12.7. The van der Waals surface area contributed by atoms with Gasteiger partial charge in [0.1, 0.15) is 5.82 Å². The van der Waals surface area contributed by atoms with Crippen LogP contribution in [0.4, 0.5) is 4.39 Å². The summed E-state index contributed by atoms with van der Waals surface area (Å²) in [6.45, 7) is 0. The highest BCUT2D eigenvalue weighted by atomic mass is 35.5. The Bertz CT molecular complexity index is 344. The van der Waals surface area contributed by atoms with Crippen LogP contribution in [0.5, 0.6) is 0 Å². The highest BCUT2D eigenvalue weighted by Gasteiger charge is 2.03. The van der Waals surface area contributed by atoms with Gasteiger partial charge in [-0.15, -0.1) is 11.8 Å². The molecular weight excluding hydrogens is 227 g/mol. The van der Waals surface area contributed by atoms with Crippen molar-refractivity contribution in [3.05, 3.63) is 34.6 Å². The summed E-state index contributed by atoms with van der Waals surface area (Å²) in [7, 11) is 0. The fraction of sp³-hybridized carbons (Fsp3) is 0.222. The predicted octanol–water partition coefficient (Wildman–Crippen LogP) is 2.80. The Morgan fingerprint density at radius 1 is 1.57 bits per heavy atom. The smallest absolute Gasteiger partial charge is 0.313 e. The van der Waals surface area contributed by atoms with Gasteiger partial charge < -0.3 is 5.11 Å². The highest BCUT2D eigenvalue weighted by molar-refractivity contribution is 7.99. The number of aliphatic carboxylic acids is 1. The quantitative estimate of drug-likeness (QED) is 0.871. The van der Waals surface area contributed by atoms with Crippen molar-refractivity contribution in [2.45, 2.75) is 5.75 Å². The molecule has 76 valence electrons. The van der Waals surface area contributed by atoms with Crippen LogP contribution in [0.1, 0.15) is 5.56 Å². The lowest BCUT2D eigenvalue weighted by Gasteiger charge is -2.02. The van der Waals surface area contributed by atoms with E-state index in [2.05, 4.69) is 0 Å².